The van der Waals surface area contributed by atoms with Crippen LogP contribution in [0.3, 0.4) is 0 Å². The van der Waals surface area contributed by atoms with Crippen LogP contribution in [0.2, 0.25) is 0 Å². The molecule has 0 amide bonds. The van der Waals surface area contributed by atoms with Gasteiger partial charge in [-0.1, -0.05) is 6.07 Å². The number of rotatable bonds is 4. The van der Waals surface area contributed by atoms with E-state index in [1.165, 1.54) is 6.07 Å². The van der Waals surface area contributed by atoms with E-state index in [1.54, 1.807) is 19.2 Å². The number of nitrogen functional groups attached to an aromatic ring is 1. The molecule has 1 aromatic carbocycles. The predicted molar refractivity (Wildman–Crippen MR) is 77.4 cm³/mol. The van der Waals surface area contributed by atoms with Gasteiger partial charge in [0.1, 0.15) is 5.69 Å². The number of nitrogens with two attached hydrogens (primary N) is 1. The van der Waals surface area contributed by atoms with Crippen molar-refractivity contribution in [1.29, 1.82) is 0 Å². The van der Waals surface area contributed by atoms with Gasteiger partial charge in [-0.2, -0.15) is 0 Å². The van der Waals surface area contributed by atoms with Gasteiger partial charge in [0.15, 0.2) is 0 Å². The summed E-state index contributed by atoms with van der Waals surface area (Å²) in [6, 6.07) is 4.94. The second kappa shape index (κ2) is 5.76. The molecule has 2 rings (SSSR count). The summed E-state index contributed by atoms with van der Waals surface area (Å²) in [5, 5.41) is 10.7. The Kier molecular flexibility index (Phi) is 4.25. The third kappa shape index (κ3) is 3.26. The molecule has 1 atom stereocenters. The Hall–Kier alpha value is -1.66. The summed E-state index contributed by atoms with van der Waals surface area (Å²) in [7, 11) is 1.74. The molecule has 0 aliphatic carbocycles. The fourth-order valence-corrected chi connectivity index (χ4v) is 2.74. The van der Waals surface area contributed by atoms with Crippen molar-refractivity contribution in [2.75, 3.05) is 25.9 Å². The smallest absolute Gasteiger partial charge is 0.292 e. The van der Waals surface area contributed by atoms with Crippen molar-refractivity contribution in [1.82, 2.24) is 4.90 Å². The molecule has 0 aromatic heterocycles. The van der Waals surface area contributed by atoms with Crippen molar-refractivity contribution >= 4 is 11.4 Å². The summed E-state index contributed by atoms with van der Waals surface area (Å²) in [6.45, 7) is 4.72. The van der Waals surface area contributed by atoms with Crippen molar-refractivity contribution in [3.63, 3.8) is 0 Å². The molecule has 6 nitrogen and oxygen atoms in total. The number of hydrogen-bond acceptors (Lipinski definition) is 5. The summed E-state index contributed by atoms with van der Waals surface area (Å²) >= 11 is 0. The normalized spacial score (nSPS) is 23.7. The number of piperidine rings is 1. The number of hydrogen-bond donors (Lipinski definition) is 1. The van der Waals surface area contributed by atoms with Crippen LogP contribution in [0.5, 0.6) is 0 Å². The summed E-state index contributed by atoms with van der Waals surface area (Å²) in [5.74, 6) is 0. The first-order valence-electron chi connectivity index (χ1n) is 6.74. The van der Waals surface area contributed by atoms with Crippen molar-refractivity contribution in [2.24, 2.45) is 0 Å². The zero-order chi connectivity index (χ0) is 14.8. The van der Waals surface area contributed by atoms with Crippen LogP contribution in [0.15, 0.2) is 18.2 Å². The monoisotopic (exact) mass is 279 g/mol. The molecule has 1 saturated heterocycles. The number of likely N-dealkylation sites (tertiary alicyclic amines) is 1. The van der Waals surface area contributed by atoms with Crippen molar-refractivity contribution < 1.29 is 9.66 Å². The van der Waals surface area contributed by atoms with E-state index in [2.05, 4.69) is 11.8 Å². The number of ether oxygens (including phenoxy) is 1. The number of nitro groups is 1. The van der Waals surface area contributed by atoms with Crippen LogP contribution < -0.4 is 5.73 Å². The van der Waals surface area contributed by atoms with Crippen LogP contribution in [0, 0.1) is 10.1 Å². The minimum Gasteiger partial charge on any atom is -0.393 e. The Bertz CT molecular complexity index is 506. The highest BCUT2D eigenvalue weighted by Crippen LogP contribution is 2.27. The first-order chi connectivity index (χ1) is 9.43. The van der Waals surface area contributed by atoms with Gasteiger partial charge in [-0.3, -0.25) is 15.0 Å². The van der Waals surface area contributed by atoms with Crippen LogP contribution in [-0.4, -0.2) is 35.6 Å². The molecular formula is C14H21N3O3. The van der Waals surface area contributed by atoms with E-state index < -0.39 is 4.92 Å². The first kappa shape index (κ1) is 14.7. The van der Waals surface area contributed by atoms with Gasteiger partial charge in [-0.05, 0) is 37.9 Å². The highest BCUT2D eigenvalue weighted by Gasteiger charge is 2.30. The molecule has 0 saturated carbocycles. The van der Waals surface area contributed by atoms with Crippen LogP contribution in [-0.2, 0) is 11.3 Å². The molecule has 1 heterocycles. The third-order valence-electron chi connectivity index (χ3n) is 3.93. The Morgan fingerprint density at radius 2 is 2.30 bits per heavy atom. The topological polar surface area (TPSA) is 81.6 Å². The van der Waals surface area contributed by atoms with Gasteiger partial charge >= 0.3 is 0 Å². The van der Waals surface area contributed by atoms with E-state index in [0.717, 1.165) is 38.0 Å². The fraction of sp³-hybridized carbons (Fsp3) is 0.571. The third-order valence-corrected chi connectivity index (χ3v) is 3.93. The Labute approximate surface area is 118 Å². The average molecular weight is 279 g/mol. The molecule has 1 aliphatic heterocycles. The lowest BCUT2D eigenvalue weighted by atomic mass is 9.94. The predicted octanol–water partition coefficient (Wildman–Crippen LogP) is 2.18. The summed E-state index contributed by atoms with van der Waals surface area (Å²) < 4.78 is 5.57. The van der Waals surface area contributed by atoms with Gasteiger partial charge in [0.05, 0.1) is 10.5 Å². The second-order valence-electron chi connectivity index (χ2n) is 5.62. The molecule has 2 N–H and O–H groups in total. The van der Waals surface area contributed by atoms with Gasteiger partial charge in [0.2, 0.25) is 0 Å². The van der Waals surface area contributed by atoms with Crippen LogP contribution >= 0.6 is 0 Å². The maximum Gasteiger partial charge on any atom is 0.292 e. The zero-order valence-corrected chi connectivity index (χ0v) is 12.0. The first-order valence-corrected chi connectivity index (χ1v) is 6.74. The summed E-state index contributed by atoms with van der Waals surface area (Å²) in [6.07, 6.45) is 2.15. The largest absolute Gasteiger partial charge is 0.393 e. The van der Waals surface area contributed by atoms with Gasteiger partial charge in [-0.15, -0.1) is 0 Å². The van der Waals surface area contributed by atoms with Crippen LogP contribution in [0.25, 0.3) is 0 Å². The molecule has 6 heteroatoms. The highest BCUT2D eigenvalue weighted by atomic mass is 16.6. The molecule has 0 spiro atoms. The van der Waals surface area contributed by atoms with Gasteiger partial charge in [0.25, 0.3) is 5.69 Å². The Morgan fingerprint density at radius 1 is 1.55 bits per heavy atom. The fourth-order valence-electron chi connectivity index (χ4n) is 2.74. The lowest BCUT2D eigenvalue weighted by Crippen LogP contribution is -2.46. The lowest BCUT2D eigenvalue weighted by Gasteiger charge is -2.39. The van der Waals surface area contributed by atoms with Crippen LogP contribution in [0.4, 0.5) is 11.4 Å². The molecule has 20 heavy (non-hydrogen) atoms. The van der Waals surface area contributed by atoms with E-state index >= 15 is 0 Å². The zero-order valence-electron chi connectivity index (χ0n) is 12.0. The van der Waals surface area contributed by atoms with E-state index in [4.69, 9.17) is 10.5 Å². The maximum absolute atomic E-state index is 10.7. The van der Waals surface area contributed by atoms with E-state index in [1.807, 2.05) is 0 Å². The van der Waals surface area contributed by atoms with E-state index in [0.29, 0.717) is 0 Å². The minimum absolute atomic E-state index is 0.0332. The minimum atomic E-state index is -0.456. The maximum atomic E-state index is 10.7. The summed E-state index contributed by atoms with van der Waals surface area (Å²) in [4.78, 5) is 12.6. The molecule has 1 aromatic rings. The molecule has 1 fully saturated rings. The van der Waals surface area contributed by atoms with Gasteiger partial charge in [-0.25, -0.2) is 0 Å². The van der Waals surface area contributed by atoms with Crippen molar-refractivity contribution in [3.05, 3.63) is 33.9 Å². The second-order valence-corrected chi connectivity index (χ2v) is 5.62. The SMILES string of the molecule is COC1(C)CCCN(Cc2ccc([N+](=O)[O-])c(N)c2)C1. The standard InChI is InChI=1S/C14H21N3O3/c1-14(20-2)6-3-7-16(10-14)9-11-4-5-13(17(18)19)12(15)8-11/h4-5,8H,3,6-7,9-10,15H2,1-2H3. The highest BCUT2D eigenvalue weighted by molar-refractivity contribution is 5.59. The van der Waals surface area contributed by atoms with Crippen LogP contribution in [0.1, 0.15) is 25.3 Å². The molecule has 1 unspecified atom stereocenters. The van der Waals surface area contributed by atoms with E-state index in [-0.39, 0.29) is 17.0 Å². The number of nitro benzene ring substituents is 1. The molecular weight excluding hydrogens is 258 g/mol. The Balaban J connectivity index is 2.07. The average Bonchev–Trinajstić information content (AvgIpc) is 2.38. The van der Waals surface area contributed by atoms with Gasteiger partial charge < -0.3 is 10.5 Å². The number of methoxy groups -OCH3 is 1. The van der Waals surface area contributed by atoms with Crippen molar-refractivity contribution in [3.8, 4) is 0 Å². The van der Waals surface area contributed by atoms with E-state index in [9.17, 15) is 10.1 Å². The van der Waals surface area contributed by atoms with Gasteiger partial charge in [0, 0.05) is 26.3 Å². The summed E-state index contributed by atoms with van der Waals surface area (Å²) in [5.41, 5.74) is 6.80. The number of anilines is 1. The molecule has 0 bridgehead atoms. The number of benzene rings is 1. The molecule has 110 valence electrons. The Morgan fingerprint density at radius 3 is 2.90 bits per heavy atom. The molecule has 0 radical (unpaired) electrons. The molecule has 1 aliphatic rings. The number of nitrogens with zero attached hydrogens (tertiary/aromatic N) is 2. The quantitative estimate of drug-likeness (QED) is 0.519. The van der Waals surface area contributed by atoms with Crippen molar-refractivity contribution in [2.45, 2.75) is 31.9 Å². The lowest BCUT2D eigenvalue weighted by molar-refractivity contribution is -0.383.